The predicted octanol–water partition coefficient (Wildman–Crippen LogP) is 1.18. The Morgan fingerprint density at radius 1 is 1.24 bits per heavy atom. The molecule has 2 aliphatic heterocycles. The van der Waals surface area contributed by atoms with Gasteiger partial charge in [-0.25, -0.2) is 8.42 Å². The molecule has 0 spiro atoms. The highest BCUT2D eigenvalue weighted by Crippen LogP contribution is 2.37. The van der Waals surface area contributed by atoms with Gasteiger partial charge in [0.1, 0.15) is 6.23 Å². The molecule has 2 saturated carbocycles. The second kappa shape index (κ2) is 11.3. The minimum absolute atomic E-state index is 0.0166. The average Bonchev–Trinajstić information content (AvgIpc) is 2.83. The topological polar surface area (TPSA) is 117 Å². The molecule has 0 aromatic heterocycles. The fourth-order valence-corrected chi connectivity index (χ4v) is 8.87. The molecule has 2 aliphatic carbocycles. The number of aliphatic hydroxyl groups is 1. The molecule has 4 aliphatic rings. The van der Waals surface area contributed by atoms with Gasteiger partial charge in [0.2, 0.25) is 15.9 Å². The molecule has 8 unspecified atom stereocenters. The van der Waals surface area contributed by atoms with E-state index in [9.17, 15) is 18.3 Å². The third-order valence-corrected chi connectivity index (χ3v) is 11.0. The van der Waals surface area contributed by atoms with E-state index in [1.165, 1.54) is 0 Å². The van der Waals surface area contributed by atoms with Crippen LogP contribution in [0, 0.1) is 11.8 Å². The minimum Gasteiger partial charge on any atom is -0.394 e. The number of ether oxygens (including phenoxy) is 2. The highest BCUT2D eigenvalue weighted by Gasteiger charge is 2.48. The van der Waals surface area contributed by atoms with Gasteiger partial charge in [0.05, 0.1) is 36.0 Å². The van der Waals surface area contributed by atoms with Gasteiger partial charge in [-0.3, -0.25) is 10.1 Å². The van der Waals surface area contributed by atoms with Gasteiger partial charge in [-0.05, 0) is 50.9 Å². The number of halogens is 1. The minimum atomic E-state index is -3.63. The number of sulfonamides is 1. The number of amides is 1. The van der Waals surface area contributed by atoms with Crippen LogP contribution in [-0.4, -0.2) is 91.7 Å². The number of piperidine rings is 1. The van der Waals surface area contributed by atoms with E-state index in [1.807, 2.05) is 0 Å². The van der Waals surface area contributed by atoms with E-state index in [-0.39, 0.29) is 60.7 Å². The first-order valence-corrected chi connectivity index (χ1v) is 14.7. The Balaban J connectivity index is 1.46. The van der Waals surface area contributed by atoms with Crippen LogP contribution in [0.4, 0.5) is 0 Å². The van der Waals surface area contributed by atoms with Crippen molar-refractivity contribution in [2.24, 2.45) is 11.8 Å². The van der Waals surface area contributed by atoms with E-state index in [0.717, 1.165) is 19.3 Å². The van der Waals surface area contributed by atoms with Gasteiger partial charge in [-0.1, -0.05) is 13.3 Å². The number of hydrogen-bond acceptors (Lipinski definition) is 7. The maximum atomic E-state index is 13.7. The fourth-order valence-electron chi connectivity index (χ4n) is 6.25. The highest BCUT2D eigenvalue weighted by molar-refractivity contribution is 7.89. The van der Waals surface area contributed by atoms with E-state index in [2.05, 4.69) is 17.6 Å². The van der Waals surface area contributed by atoms with Gasteiger partial charge in [-0.15, -0.1) is 11.6 Å². The fraction of sp³-hybridized carbons (Fsp3) is 0.957. The maximum Gasteiger partial charge on any atom is 0.225 e. The van der Waals surface area contributed by atoms with Crippen LogP contribution in [0.15, 0.2) is 0 Å². The van der Waals surface area contributed by atoms with E-state index in [1.54, 1.807) is 11.4 Å². The number of nitrogens with zero attached hydrogens (tertiary/aromatic N) is 1. The number of aliphatic hydroxyl groups excluding tert-OH is 1. The lowest BCUT2D eigenvalue weighted by atomic mass is 9.79. The van der Waals surface area contributed by atoms with Crippen LogP contribution in [-0.2, 0) is 24.3 Å². The van der Waals surface area contributed by atoms with Crippen LogP contribution < -0.4 is 10.6 Å². The molecule has 196 valence electrons. The van der Waals surface area contributed by atoms with Crippen molar-refractivity contribution in [2.75, 3.05) is 26.8 Å². The molecule has 9 nitrogen and oxygen atoms in total. The normalized spacial score (nSPS) is 42.1. The first kappa shape index (κ1) is 26.6. The van der Waals surface area contributed by atoms with Crippen LogP contribution in [0.1, 0.15) is 58.3 Å². The Kier molecular flexibility index (Phi) is 8.81. The molecule has 0 aromatic carbocycles. The number of nitrogens with one attached hydrogen (secondary N) is 2. The van der Waals surface area contributed by atoms with E-state index < -0.39 is 21.4 Å². The maximum absolute atomic E-state index is 13.7. The molecular weight excluding hydrogens is 482 g/mol. The summed E-state index contributed by atoms with van der Waals surface area (Å²) in [5, 5.41) is 15.4. The van der Waals surface area contributed by atoms with Crippen LogP contribution in [0.5, 0.6) is 0 Å². The van der Waals surface area contributed by atoms with Crippen LogP contribution in [0.2, 0.25) is 0 Å². The first-order chi connectivity index (χ1) is 16.2. The molecule has 0 radical (unpaired) electrons. The Morgan fingerprint density at radius 2 is 2.03 bits per heavy atom. The summed E-state index contributed by atoms with van der Waals surface area (Å²) in [4.78, 5) is 13.1. The number of morpholine rings is 1. The van der Waals surface area contributed by atoms with Crippen molar-refractivity contribution in [3.05, 3.63) is 0 Å². The van der Waals surface area contributed by atoms with E-state index >= 15 is 0 Å². The summed E-state index contributed by atoms with van der Waals surface area (Å²) in [6.07, 6.45) is 4.94. The number of carbonyl (C=O) groups is 1. The van der Waals surface area contributed by atoms with E-state index in [4.69, 9.17) is 21.1 Å². The van der Waals surface area contributed by atoms with Crippen molar-refractivity contribution in [3.8, 4) is 0 Å². The Labute approximate surface area is 208 Å². The van der Waals surface area contributed by atoms with Gasteiger partial charge in [0.15, 0.2) is 0 Å². The smallest absolute Gasteiger partial charge is 0.225 e. The Morgan fingerprint density at radius 3 is 2.68 bits per heavy atom. The van der Waals surface area contributed by atoms with Gasteiger partial charge < -0.3 is 19.9 Å². The van der Waals surface area contributed by atoms with Crippen LogP contribution >= 0.6 is 11.6 Å². The lowest BCUT2D eigenvalue weighted by molar-refractivity contribution is -0.134. The molecule has 4 rings (SSSR count). The molecule has 2 saturated heterocycles. The SMILES string of the molecule is COC1CCC(S(=O)(=O)N2C[C@H](CO)OC3CCC(NC(=O)C4C(C)CCCC4Cl)CC32)CN1. The second-order valence-corrected chi connectivity index (χ2v) is 13.2. The monoisotopic (exact) mass is 521 g/mol. The second-order valence-electron chi connectivity index (χ2n) is 10.5. The highest BCUT2D eigenvalue weighted by atomic mass is 35.5. The van der Waals surface area contributed by atoms with Crippen molar-refractivity contribution in [3.63, 3.8) is 0 Å². The summed E-state index contributed by atoms with van der Waals surface area (Å²) in [6.45, 7) is 2.33. The predicted molar refractivity (Wildman–Crippen MR) is 129 cm³/mol. The molecule has 3 N–H and O–H groups in total. The first-order valence-electron chi connectivity index (χ1n) is 12.7. The summed E-state index contributed by atoms with van der Waals surface area (Å²) in [6, 6.07) is -0.483. The molecule has 1 amide bonds. The average molecular weight is 522 g/mol. The zero-order valence-corrected chi connectivity index (χ0v) is 21.8. The number of fused-ring (bicyclic) bond motifs is 1. The number of hydrogen-bond donors (Lipinski definition) is 3. The molecule has 11 heteroatoms. The molecule has 0 aromatic rings. The number of carbonyl (C=O) groups excluding carboxylic acids is 1. The van der Waals surface area contributed by atoms with Crippen molar-refractivity contribution in [1.29, 1.82) is 0 Å². The number of methoxy groups -OCH3 is 1. The number of alkyl halides is 1. The van der Waals surface area contributed by atoms with Gasteiger partial charge in [0, 0.05) is 31.6 Å². The van der Waals surface area contributed by atoms with Crippen LogP contribution in [0.3, 0.4) is 0 Å². The van der Waals surface area contributed by atoms with Crippen molar-refractivity contribution >= 4 is 27.5 Å². The summed E-state index contributed by atoms with van der Waals surface area (Å²) >= 11 is 6.52. The molecule has 4 fully saturated rings. The lowest BCUT2D eigenvalue weighted by Crippen LogP contribution is -2.64. The molecule has 0 bridgehead atoms. The molecule has 34 heavy (non-hydrogen) atoms. The summed E-state index contributed by atoms with van der Waals surface area (Å²) < 4.78 is 40.4. The third kappa shape index (κ3) is 5.58. The lowest BCUT2D eigenvalue weighted by Gasteiger charge is -2.49. The van der Waals surface area contributed by atoms with Crippen molar-refractivity contribution in [2.45, 2.75) is 99.4 Å². The van der Waals surface area contributed by atoms with Gasteiger partial charge in [-0.2, -0.15) is 4.31 Å². The quantitative estimate of drug-likeness (QED) is 0.449. The third-order valence-electron chi connectivity index (χ3n) is 8.23. The Hall–Kier alpha value is -0.490. The standard InChI is InChI=1S/C23H40ClN3O6S/c1-14-4-3-5-18(24)22(14)23(29)26-15-6-8-20-19(10-15)27(12-16(13-28)33-20)34(30,31)17-7-9-21(32-2)25-11-17/h14-22,25,28H,3-13H2,1-2H3,(H,26,29)/t14?,15?,16-,17?,18?,19?,20?,21?,22?/m1/s1. The largest absolute Gasteiger partial charge is 0.394 e. The molecule has 9 atom stereocenters. The van der Waals surface area contributed by atoms with Crippen molar-refractivity contribution < 1.29 is 27.8 Å². The van der Waals surface area contributed by atoms with E-state index in [0.29, 0.717) is 38.6 Å². The Bertz CT molecular complexity index is 799. The van der Waals surface area contributed by atoms with Gasteiger partial charge in [0.25, 0.3) is 0 Å². The van der Waals surface area contributed by atoms with Crippen molar-refractivity contribution in [1.82, 2.24) is 14.9 Å². The van der Waals surface area contributed by atoms with Gasteiger partial charge >= 0.3 is 0 Å². The molecule has 2 heterocycles. The zero-order chi connectivity index (χ0) is 24.5. The summed E-state index contributed by atoms with van der Waals surface area (Å²) in [5.41, 5.74) is 0. The summed E-state index contributed by atoms with van der Waals surface area (Å²) in [7, 11) is -2.02. The summed E-state index contributed by atoms with van der Waals surface area (Å²) in [5.74, 6) is 0.0102. The number of rotatable bonds is 6. The molecular formula is C23H40ClN3O6S. The zero-order valence-electron chi connectivity index (χ0n) is 20.2. The van der Waals surface area contributed by atoms with Crippen LogP contribution in [0.25, 0.3) is 0 Å².